The largest absolute Gasteiger partial charge is 0.355 e. The summed E-state index contributed by atoms with van der Waals surface area (Å²) >= 11 is 0. The molecule has 0 saturated heterocycles. The van der Waals surface area contributed by atoms with Gasteiger partial charge < -0.3 is 5.32 Å². The molecular weight excluding hydrogens is 188 g/mol. The Kier molecular flexibility index (Phi) is 6.03. The van der Waals surface area contributed by atoms with Crippen LogP contribution >= 0.6 is 0 Å². The van der Waals surface area contributed by atoms with Gasteiger partial charge in [0.1, 0.15) is 0 Å². The highest BCUT2D eigenvalue weighted by molar-refractivity contribution is 5.77. The number of carbonyl (C=O) groups is 1. The molecule has 15 heavy (non-hydrogen) atoms. The van der Waals surface area contributed by atoms with E-state index >= 15 is 0 Å². The zero-order valence-corrected chi connectivity index (χ0v) is 10.2. The zero-order valence-electron chi connectivity index (χ0n) is 10.2. The first-order valence-electron chi connectivity index (χ1n) is 5.28. The van der Waals surface area contributed by atoms with Gasteiger partial charge >= 0.3 is 0 Å². The summed E-state index contributed by atoms with van der Waals surface area (Å²) in [7, 11) is 0. The minimum absolute atomic E-state index is 0.00125. The summed E-state index contributed by atoms with van der Waals surface area (Å²) in [4.78, 5) is 11.3. The van der Waals surface area contributed by atoms with Crippen molar-refractivity contribution in [2.24, 2.45) is 11.3 Å². The van der Waals surface area contributed by atoms with Crippen LogP contribution in [-0.4, -0.2) is 25.5 Å². The molecule has 1 unspecified atom stereocenters. The molecule has 0 spiro atoms. The SMILES string of the molecule is C#CCNCC(=O)NCC(C)C(C)(C)C. The highest BCUT2D eigenvalue weighted by atomic mass is 16.1. The van der Waals surface area contributed by atoms with Gasteiger partial charge in [-0.25, -0.2) is 0 Å². The number of amides is 1. The Balaban J connectivity index is 3.68. The number of carbonyl (C=O) groups excluding carboxylic acids is 1. The van der Waals surface area contributed by atoms with Crippen molar-refractivity contribution < 1.29 is 4.79 Å². The van der Waals surface area contributed by atoms with Crippen LogP contribution in [0.25, 0.3) is 0 Å². The first-order chi connectivity index (χ1) is 6.88. The molecule has 0 saturated carbocycles. The van der Waals surface area contributed by atoms with Crippen LogP contribution in [-0.2, 0) is 4.79 Å². The maximum absolute atomic E-state index is 11.3. The van der Waals surface area contributed by atoms with Crippen molar-refractivity contribution in [3.8, 4) is 12.3 Å². The first-order valence-corrected chi connectivity index (χ1v) is 5.28. The lowest BCUT2D eigenvalue weighted by Crippen LogP contribution is -2.38. The molecule has 0 aliphatic heterocycles. The standard InChI is InChI=1S/C12H22N2O/c1-6-7-13-9-11(15)14-8-10(2)12(3,4)5/h1,10,13H,7-9H2,2-5H3,(H,14,15). The Bertz CT molecular complexity index is 235. The monoisotopic (exact) mass is 210 g/mol. The predicted molar refractivity (Wildman–Crippen MR) is 63.3 cm³/mol. The third-order valence-electron chi connectivity index (χ3n) is 2.60. The third kappa shape index (κ3) is 6.98. The second kappa shape index (κ2) is 6.47. The predicted octanol–water partition coefficient (Wildman–Crippen LogP) is 1.01. The molecule has 3 nitrogen and oxygen atoms in total. The van der Waals surface area contributed by atoms with Gasteiger partial charge in [-0.1, -0.05) is 33.6 Å². The van der Waals surface area contributed by atoms with E-state index in [4.69, 9.17) is 6.42 Å². The number of nitrogens with one attached hydrogen (secondary N) is 2. The van der Waals surface area contributed by atoms with E-state index in [1.54, 1.807) is 0 Å². The number of terminal acetylenes is 1. The lowest BCUT2D eigenvalue weighted by atomic mass is 9.82. The van der Waals surface area contributed by atoms with Crippen LogP contribution in [0.1, 0.15) is 27.7 Å². The van der Waals surface area contributed by atoms with Gasteiger partial charge in [0.2, 0.25) is 5.91 Å². The molecule has 0 aliphatic carbocycles. The van der Waals surface area contributed by atoms with E-state index in [0.29, 0.717) is 25.6 Å². The maximum atomic E-state index is 11.3. The lowest BCUT2D eigenvalue weighted by Gasteiger charge is -2.27. The van der Waals surface area contributed by atoms with Gasteiger partial charge in [-0.2, -0.15) is 0 Å². The normalized spacial score (nSPS) is 13.0. The summed E-state index contributed by atoms with van der Waals surface area (Å²) in [6, 6.07) is 0. The van der Waals surface area contributed by atoms with Crippen LogP contribution < -0.4 is 10.6 Å². The molecule has 0 fully saturated rings. The van der Waals surface area contributed by atoms with E-state index in [-0.39, 0.29) is 11.3 Å². The average molecular weight is 210 g/mol. The van der Waals surface area contributed by atoms with Crippen LogP contribution in [0.2, 0.25) is 0 Å². The first kappa shape index (κ1) is 14.0. The molecular formula is C12H22N2O. The Hall–Kier alpha value is -1.01. The minimum Gasteiger partial charge on any atom is -0.355 e. The van der Waals surface area contributed by atoms with E-state index in [9.17, 15) is 4.79 Å². The van der Waals surface area contributed by atoms with E-state index in [2.05, 4.69) is 44.2 Å². The third-order valence-corrected chi connectivity index (χ3v) is 2.60. The van der Waals surface area contributed by atoms with E-state index in [1.807, 2.05) is 0 Å². The van der Waals surface area contributed by atoms with Crippen LogP contribution in [0.4, 0.5) is 0 Å². The molecule has 1 atom stereocenters. The summed E-state index contributed by atoms with van der Waals surface area (Å²) in [5.74, 6) is 2.88. The van der Waals surface area contributed by atoms with Gasteiger partial charge in [-0.15, -0.1) is 6.42 Å². The van der Waals surface area contributed by atoms with Crippen molar-refractivity contribution in [2.45, 2.75) is 27.7 Å². The summed E-state index contributed by atoms with van der Waals surface area (Å²) in [5.41, 5.74) is 0.222. The second-order valence-corrected chi connectivity index (χ2v) is 4.88. The van der Waals surface area contributed by atoms with Crippen LogP contribution in [0.15, 0.2) is 0 Å². The lowest BCUT2D eigenvalue weighted by molar-refractivity contribution is -0.120. The summed E-state index contributed by atoms with van der Waals surface area (Å²) in [6.45, 7) is 10.1. The van der Waals surface area contributed by atoms with Gasteiger partial charge in [-0.3, -0.25) is 10.1 Å². The van der Waals surface area contributed by atoms with Crippen molar-refractivity contribution in [2.75, 3.05) is 19.6 Å². The van der Waals surface area contributed by atoms with Gasteiger partial charge in [0.25, 0.3) is 0 Å². The molecule has 0 aromatic rings. The van der Waals surface area contributed by atoms with Gasteiger partial charge in [0.15, 0.2) is 0 Å². The highest BCUT2D eigenvalue weighted by Gasteiger charge is 2.19. The topological polar surface area (TPSA) is 41.1 Å². The molecule has 0 aliphatic rings. The number of hydrogen-bond donors (Lipinski definition) is 2. The van der Waals surface area contributed by atoms with Gasteiger partial charge in [-0.05, 0) is 11.3 Å². The molecule has 0 aromatic carbocycles. The van der Waals surface area contributed by atoms with Crippen molar-refractivity contribution in [1.82, 2.24) is 10.6 Å². The molecule has 0 bridgehead atoms. The molecule has 0 radical (unpaired) electrons. The molecule has 3 heteroatoms. The van der Waals surface area contributed by atoms with E-state index in [1.165, 1.54) is 0 Å². The Morgan fingerprint density at radius 2 is 2.07 bits per heavy atom. The minimum atomic E-state index is 0.00125. The molecule has 0 rings (SSSR count). The second-order valence-electron chi connectivity index (χ2n) is 4.88. The smallest absolute Gasteiger partial charge is 0.233 e. The van der Waals surface area contributed by atoms with Gasteiger partial charge in [0, 0.05) is 6.54 Å². The van der Waals surface area contributed by atoms with Crippen molar-refractivity contribution in [1.29, 1.82) is 0 Å². The summed E-state index contributed by atoms with van der Waals surface area (Å²) < 4.78 is 0. The fourth-order valence-corrected chi connectivity index (χ4v) is 0.884. The zero-order chi connectivity index (χ0) is 11.9. The van der Waals surface area contributed by atoms with E-state index in [0.717, 1.165) is 0 Å². The van der Waals surface area contributed by atoms with Crippen LogP contribution in [0.5, 0.6) is 0 Å². The molecule has 1 amide bonds. The van der Waals surface area contributed by atoms with Crippen LogP contribution in [0.3, 0.4) is 0 Å². The van der Waals surface area contributed by atoms with Crippen molar-refractivity contribution in [3.05, 3.63) is 0 Å². The summed E-state index contributed by atoms with van der Waals surface area (Å²) in [5, 5.41) is 5.73. The Morgan fingerprint density at radius 1 is 1.47 bits per heavy atom. The van der Waals surface area contributed by atoms with Crippen LogP contribution in [0, 0.1) is 23.7 Å². The fourth-order valence-electron chi connectivity index (χ4n) is 0.884. The van der Waals surface area contributed by atoms with E-state index < -0.39 is 0 Å². The highest BCUT2D eigenvalue weighted by Crippen LogP contribution is 2.24. The molecule has 2 N–H and O–H groups in total. The average Bonchev–Trinajstić information content (AvgIpc) is 2.13. The van der Waals surface area contributed by atoms with Crippen molar-refractivity contribution in [3.63, 3.8) is 0 Å². The fraction of sp³-hybridized carbons (Fsp3) is 0.750. The van der Waals surface area contributed by atoms with Gasteiger partial charge in [0.05, 0.1) is 13.1 Å². The number of hydrogen-bond acceptors (Lipinski definition) is 2. The Morgan fingerprint density at radius 3 is 2.53 bits per heavy atom. The number of rotatable bonds is 5. The molecule has 0 heterocycles. The maximum Gasteiger partial charge on any atom is 0.233 e. The Labute approximate surface area is 93.0 Å². The summed E-state index contributed by atoms with van der Waals surface area (Å²) in [6.07, 6.45) is 5.05. The quantitative estimate of drug-likeness (QED) is 0.525. The van der Waals surface area contributed by atoms with Crippen molar-refractivity contribution >= 4 is 5.91 Å². The molecule has 86 valence electrons. The molecule has 0 aromatic heterocycles.